The van der Waals surface area contributed by atoms with Gasteiger partial charge in [0, 0.05) is 25.8 Å². The van der Waals surface area contributed by atoms with Gasteiger partial charge in [0.1, 0.15) is 12.4 Å². The second-order valence-corrected chi connectivity index (χ2v) is 6.80. The zero-order valence-electron chi connectivity index (χ0n) is 16.6. The maximum Gasteiger partial charge on any atom is 0.228 e. The van der Waals surface area contributed by atoms with E-state index in [1.54, 1.807) is 7.11 Å². The van der Waals surface area contributed by atoms with Gasteiger partial charge in [0.2, 0.25) is 5.91 Å². The molecular formula is C20H33ClN2O4. The van der Waals surface area contributed by atoms with E-state index in [0.29, 0.717) is 33.0 Å². The Morgan fingerprint density at radius 2 is 2.00 bits per heavy atom. The SMILES string of the molecule is CCOCCOc1cc(C)ccc1CNC(=O)C1(COC)CCNCC1.Cl. The Bertz CT molecular complexity index is 572. The molecule has 154 valence electrons. The van der Waals surface area contributed by atoms with E-state index in [9.17, 15) is 4.79 Å². The predicted molar refractivity (Wildman–Crippen MR) is 109 cm³/mol. The minimum absolute atomic E-state index is 0. The molecule has 0 bridgehead atoms. The van der Waals surface area contributed by atoms with Crippen LogP contribution in [-0.4, -0.2) is 52.5 Å². The highest BCUT2D eigenvalue weighted by Gasteiger charge is 2.39. The summed E-state index contributed by atoms with van der Waals surface area (Å²) in [6.45, 7) is 8.30. The molecule has 1 amide bonds. The van der Waals surface area contributed by atoms with Crippen LogP contribution in [0, 0.1) is 12.3 Å². The zero-order chi connectivity index (χ0) is 18.8. The van der Waals surface area contributed by atoms with E-state index in [2.05, 4.69) is 10.6 Å². The number of hydrogen-bond donors (Lipinski definition) is 2. The Hall–Kier alpha value is -1.34. The van der Waals surface area contributed by atoms with Crippen LogP contribution in [0.5, 0.6) is 5.75 Å². The van der Waals surface area contributed by atoms with Gasteiger partial charge in [-0.05, 0) is 51.4 Å². The molecule has 1 saturated heterocycles. The number of benzene rings is 1. The van der Waals surface area contributed by atoms with Crippen molar-refractivity contribution in [3.63, 3.8) is 0 Å². The van der Waals surface area contributed by atoms with E-state index in [1.165, 1.54) is 0 Å². The first kappa shape index (κ1) is 23.7. The fraction of sp³-hybridized carbons (Fsp3) is 0.650. The van der Waals surface area contributed by atoms with Gasteiger partial charge in [-0.2, -0.15) is 0 Å². The number of ether oxygens (including phenoxy) is 3. The number of hydrogen-bond acceptors (Lipinski definition) is 5. The molecule has 7 heteroatoms. The molecule has 6 nitrogen and oxygen atoms in total. The summed E-state index contributed by atoms with van der Waals surface area (Å²) < 4.78 is 16.5. The van der Waals surface area contributed by atoms with Gasteiger partial charge >= 0.3 is 0 Å². The lowest BCUT2D eigenvalue weighted by molar-refractivity contribution is -0.136. The number of carbonyl (C=O) groups excluding carboxylic acids is 1. The van der Waals surface area contributed by atoms with Crippen molar-refractivity contribution in [2.45, 2.75) is 33.2 Å². The summed E-state index contributed by atoms with van der Waals surface area (Å²) in [6.07, 6.45) is 1.58. The molecule has 2 rings (SSSR count). The van der Waals surface area contributed by atoms with Crippen LogP contribution in [-0.2, 0) is 20.8 Å². The highest BCUT2D eigenvalue weighted by molar-refractivity contribution is 5.85. The summed E-state index contributed by atoms with van der Waals surface area (Å²) in [7, 11) is 1.65. The summed E-state index contributed by atoms with van der Waals surface area (Å²) in [5, 5.41) is 6.41. The number of rotatable bonds is 10. The van der Waals surface area contributed by atoms with Crippen molar-refractivity contribution in [3.8, 4) is 5.75 Å². The zero-order valence-corrected chi connectivity index (χ0v) is 17.5. The molecule has 1 aliphatic rings. The smallest absolute Gasteiger partial charge is 0.228 e. The third kappa shape index (κ3) is 6.96. The average Bonchev–Trinajstić information content (AvgIpc) is 2.65. The summed E-state index contributed by atoms with van der Waals surface area (Å²) in [6, 6.07) is 6.05. The first-order valence-electron chi connectivity index (χ1n) is 9.39. The highest BCUT2D eigenvalue weighted by Crippen LogP contribution is 2.30. The monoisotopic (exact) mass is 400 g/mol. The van der Waals surface area contributed by atoms with Crippen LogP contribution in [0.2, 0.25) is 0 Å². The van der Waals surface area contributed by atoms with Gasteiger partial charge in [-0.25, -0.2) is 0 Å². The van der Waals surface area contributed by atoms with Crippen molar-refractivity contribution in [2.75, 3.05) is 46.6 Å². The van der Waals surface area contributed by atoms with Crippen LogP contribution in [0.4, 0.5) is 0 Å². The maximum atomic E-state index is 12.9. The second-order valence-electron chi connectivity index (χ2n) is 6.80. The quantitative estimate of drug-likeness (QED) is 0.590. The number of nitrogens with one attached hydrogen (secondary N) is 2. The largest absolute Gasteiger partial charge is 0.491 e. The number of amides is 1. The lowest BCUT2D eigenvalue weighted by Crippen LogP contribution is -2.50. The average molecular weight is 401 g/mol. The standard InChI is InChI=1S/C20H32N2O4.ClH/c1-4-25-11-12-26-18-13-16(2)5-6-17(18)14-22-19(23)20(15-24-3)7-9-21-10-8-20;/h5-6,13,21H,4,7-12,14-15H2,1-3H3,(H,22,23);1H. The topological polar surface area (TPSA) is 68.8 Å². The van der Waals surface area contributed by atoms with E-state index >= 15 is 0 Å². The molecule has 0 spiro atoms. The molecule has 1 aromatic carbocycles. The minimum atomic E-state index is -0.444. The van der Waals surface area contributed by atoms with Gasteiger partial charge in [0.05, 0.1) is 18.6 Å². The van der Waals surface area contributed by atoms with Gasteiger partial charge in [0.15, 0.2) is 0 Å². The minimum Gasteiger partial charge on any atom is -0.491 e. The van der Waals surface area contributed by atoms with Crippen LogP contribution >= 0.6 is 12.4 Å². The Morgan fingerprint density at radius 3 is 2.67 bits per heavy atom. The molecule has 1 fully saturated rings. The second kappa shape index (κ2) is 12.2. The van der Waals surface area contributed by atoms with Crippen LogP contribution in [0.15, 0.2) is 18.2 Å². The lowest BCUT2D eigenvalue weighted by atomic mass is 9.78. The van der Waals surface area contributed by atoms with E-state index in [4.69, 9.17) is 14.2 Å². The van der Waals surface area contributed by atoms with Gasteiger partial charge in [-0.3, -0.25) is 4.79 Å². The van der Waals surface area contributed by atoms with Gasteiger partial charge in [0.25, 0.3) is 0 Å². The number of piperidine rings is 1. The van der Waals surface area contributed by atoms with E-state index in [-0.39, 0.29) is 18.3 Å². The molecule has 1 heterocycles. The van der Waals surface area contributed by atoms with Crippen molar-refractivity contribution >= 4 is 18.3 Å². The number of carbonyl (C=O) groups is 1. The molecule has 0 unspecified atom stereocenters. The Labute approximate surface area is 168 Å². The molecule has 0 atom stereocenters. The fourth-order valence-corrected chi connectivity index (χ4v) is 3.28. The van der Waals surface area contributed by atoms with E-state index < -0.39 is 5.41 Å². The van der Waals surface area contributed by atoms with E-state index in [1.807, 2.05) is 32.0 Å². The van der Waals surface area contributed by atoms with Crippen molar-refractivity contribution in [3.05, 3.63) is 29.3 Å². The number of methoxy groups -OCH3 is 1. The molecule has 2 N–H and O–H groups in total. The lowest BCUT2D eigenvalue weighted by Gasteiger charge is -2.35. The molecular weight excluding hydrogens is 368 g/mol. The van der Waals surface area contributed by atoms with Crippen LogP contribution in [0.25, 0.3) is 0 Å². The van der Waals surface area contributed by atoms with Gasteiger partial charge in [-0.15, -0.1) is 12.4 Å². The summed E-state index contributed by atoms with van der Waals surface area (Å²) in [5.41, 5.74) is 1.66. The van der Waals surface area contributed by atoms with Crippen molar-refractivity contribution < 1.29 is 19.0 Å². The van der Waals surface area contributed by atoms with E-state index in [0.717, 1.165) is 42.8 Å². The van der Waals surface area contributed by atoms with Crippen LogP contribution in [0.3, 0.4) is 0 Å². The van der Waals surface area contributed by atoms with Crippen LogP contribution < -0.4 is 15.4 Å². The molecule has 1 aliphatic heterocycles. The summed E-state index contributed by atoms with van der Waals surface area (Å²) >= 11 is 0. The third-order valence-corrected chi connectivity index (χ3v) is 4.81. The molecule has 0 aliphatic carbocycles. The highest BCUT2D eigenvalue weighted by atomic mass is 35.5. The summed E-state index contributed by atoms with van der Waals surface area (Å²) in [5.74, 6) is 0.859. The fourth-order valence-electron chi connectivity index (χ4n) is 3.28. The summed E-state index contributed by atoms with van der Waals surface area (Å²) in [4.78, 5) is 12.9. The predicted octanol–water partition coefficient (Wildman–Crippen LogP) is 2.46. The van der Waals surface area contributed by atoms with Crippen LogP contribution in [0.1, 0.15) is 30.9 Å². The maximum absolute atomic E-state index is 12.9. The Morgan fingerprint density at radius 1 is 1.26 bits per heavy atom. The van der Waals surface area contributed by atoms with Gasteiger partial charge < -0.3 is 24.8 Å². The van der Waals surface area contributed by atoms with Crippen molar-refractivity contribution in [2.24, 2.45) is 5.41 Å². The first-order valence-corrected chi connectivity index (χ1v) is 9.39. The molecule has 0 radical (unpaired) electrons. The Kier molecular flexibility index (Phi) is 10.7. The molecule has 0 saturated carbocycles. The molecule has 27 heavy (non-hydrogen) atoms. The number of aryl methyl sites for hydroxylation is 1. The van der Waals surface area contributed by atoms with Crippen molar-refractivity contribution in [1.29, 1.82) is 0 Å². The Balaban J connectivity index is 0.00000364. The van der Waals surface area contributed by atoms with Crippen molar-refractivity contribution in [1.82, 2.24) is 10.6 Å². The molecule has 0 aromatic heterocycles. The third-order valence-electron chi connectivity index (χ3n) is 4.81. The molecule has 1 aromatic rings. The van der Waals surface area contributed by atoms with Gasteiger partial charge in [-0.1, -0.05) is 12.1 Å². The number of halogens is 1. The normalized spacial score (nSPS) is 15.7. The first-order chi connectivity index (χ1) is 12.6.